The van der Waals surface area contributed by atoms with Crippen LogP contribution in [0.1, 0.15) is 5.01 Å². The highest BCUT2D eigenvalue weighted by Crippen LogP contribution is 2.30. The van der Waals surface area contributed by atoms with Crippen molar-refractivity contribution in [2.24, 2.45) is 0 Å². The van der Waals surface area contributed by atoms with Gasteiger partial charge in [0.2, 0.25) is 5.88 Å². The molecule has 78 valence electrons. The Balaban J connectivity index is 2.41. The van der Waals surface area contributed by atoms with Crippen molar-refractivity contribution in [3.63, 3.8) is 0 Å². The fraction of sp³-hybridized carbons (Fsp3) is 0.200. The first-order chi connectivity index (χ1) is 7.20. The van der Waals surface area contributed by atoms with Crippen molar-refractivity contribution in [2.45, 2.75) is 6.92 Å². The molecule has 0 saturated heterocycles. The normalized spacial score (nSPS) is 10.3. The van der Waals surface area contributed by atoms with Crippen LogP contribution in [0.2, 0.25) is 0 Å². The molecule has 2 rings (SSSR count). The van der Waals surface area contributed by atoms with E-state index in [0.29, 0.717) is 5.88 Å². The minimum absolute atomic E-state index is 0.587. The summed E-state index contributed by atoms with van der Waals surface area (Å²) in [4.78, 5) is 8.46. The van der Waals surface area contributed by atoms with E-state index in [9.17, 15) is 0 Å². The Kier molecular flexibility index (Phi) is 2.55. The van der Waals surface area contributed by atoms with Gasteiger partial charge in [-0.1, -0.05) is 0 Å². The molecule has 0 amide bonds. The standard InChI is InChI=1S/C10H11N3OS/c1-6-13-9(10(11)15-6)7-3-4-8(14-2)12-5-7/h3-5H,11H2,1-2H3. The van der Waals surface area contributed by atoms with Crippen molar-refractivity contribution in [3.05, 3.63) is 23.3 Å². The van der Waals surface area contributed by atoms with Crippen LogP contribution in [0, 0.1) is 6.92 Å². The lowest BCUT2D eigenvalue weighted by Gasteiger charge is -2.00. The highest BCUT2D eigenvalue weighted by Gasteiger charge is 2.08. The molecule has 0 aliphatic heterocycles. The second-order valence-corrected chi connectivity index (χ2v) is 4.27. The molecule has 4 nitrogen and oxygen atoms in total. The Morgan fingerprint density at radius 3 is 2.67 bits per heavy atom. The third kappa shape index (κ3) is 1.92. The van der Waals surface area contributed by atoms with Crippen molar-refractivity contribution >= 4 is 16.3 Å². The quantitative estimate of drug-likeness (QED) is 0.843. The van der Waals surface area contributed by atoms with E-state index in [2.05, 4.69) is 9.97 Å². The summed E-state index contributed by atoms with van der Waals surface area (Å²) in [5, 5.41) is 1.68. The van der Waals surface area contributed by atoms with Gasteiger partial charge < -0.3 is 10.5 Å². The van der Waals surface area contributed by atoms with Gasteiger partial charge in [0.1, 0.15) is 10.7 Å². The molecule has 2 heterocycles. The van der Waals surface area contributed by atoms with Crippen LogP contribution in [0.4, 0.5) is 5.00 Å². The molecule has 0 aromatic carbocycles. The Bertz CT molecular complexity index is 464. The van der Waals surface area contributed by atoms with Crippen molar-refractivity contribution in [1.29, 1.82) is 0 Å². The van der Waals surface area contributed by atoms with Gasteiger partial charge in [-0.05, 0) is 13.0 Å². The summed E-state index contributed by atoms with van der Waals surface area (Å²) in [7, 11) is 1.59. The van der Waals surface area contributed by atoms with E-state index in [1.165, 1.54) is 11.3 Å². The van der Waals surface area contributed by atoms with Gasteiger partial charge in [-0.3, -0.25) is 0 Å². The lowest BCUT2D eigenvalue weighted by Crippen LogP contribution is -1.89. The van der Waals surface area contributed by atoms with E-state index in [-0.39, 0.29) is 0 Å². The minimum atomic E-state index is 0.587. The zero-order valence-corrected chi connectivity index (χ0v) is 9.34. The number of nitrogen functional groups attached to an aromatic ring is 1. The zero-order valence-electron chi connectivity index (χ0n) is 8.52. The van der Waals surface area contributed by atoms with E-state index in [4.69, 9.17) is 10.5 Å². The van der Waals surface area contributed by atoms with Gasteiger partial charge in [0, 0.05) is 17.8 Å². The van der Waals surface area contributed by atoms with Crippen LogP contribution in [0.5, 0.6) is 5.88 Å². The number of rotatable bonds is 2. The maximum absolute atomic E-state index is 5.84. The predicted molar refractivity (Wildman–Crippen MR) is 61.0 cm³/mol. The molecule has 0 bridgehead atoms. The van der Waals surface area contributed by atoms with Crippen LogP contribution in [-0.4, -0.2) is 17.1 Å². The molecule has 0 atom stereocenters. The molecule has 0 saturated carbocycles. The van der Waals surface area contributed by atoms with Crippen LogP contribution in [0.25, 0.3) is 11.3 Å². The number of nitrogens with zero attached hydrogens (tertiary/aromatic N) is 2. The lowest BCUT2D eigenvalue weighted by molar-refractivity contribution is 0.398. The molecule has 0 aliphatic rings. The third-order valence-corrected chi connectivity index (χ3v) is 2.78. The Hall–Kier alpha value is -1.62. The second kappa shape index (κ2) is 3.86. The highest BCUT2D eigenvalue weighted by molar-refractivity contribution is 7.16. The fourth-order valence-corrected chi connectivity index (χ4v) is 2.01. The van der Waals surface area contributed by atoms with E-state index < -0.39 is 0 Å². The summed E-state index contributed by atoms with van der Waals surface area (Å²) < 4.78 is 4.98. The Labute approximate surface area is 91.8 Å². The molecule has 0 fully saturated rings. The van der Waals surface area contributed by atoms with Gasteiger partial charge in [-0.2, -0.15) is 0 Å². The number of thiazole rings is 1. The number of aryl methyl sites for hydroxylation is 1. The van der Waals surface area contributed by atoms with Crippen LogP contribution in [0.15, 0.2) is 18.3 Å². The molecule has 2 aromatic rings. The molecule has 0 spiro atoms. The fourth-order valence-electron chi connectivity index (χ4n) is 1.29. The van der Waals surface area contributed by atoms with Crippen molar-refractivity contribution in [2.75, 3.05) is 12.8 Å². The number of nitrogens with two attached hydrogens (primary N) is 1. The molecule has 0 radical (unpaired) electrons. The molecule has 2 aromatic heterocycles. The first-order valence-corrected chi connectivity index (χ1v) is 5.25. The van der Waals surface area contributed by atoms with E-state index in [0.717, 1.165) is 21.3 Å². The maximum atomic E-state index is 5.84. The smallest absolute Gasteiger partial charge is 0.212 e. The van der Waals surface area contributed by atoms with Gasteiger partial charge in [-0.15, -0.1) is 11.3 Å². The first-order valence-electron chi connectivity index (χ1n) is 4.44. The zero-order chi connectivity index (χ0) is 10.8. The Morgan fingerprint density at radius 2 is 2.20 bits per heavy atom. The summed E-state index contributed by atoms with van der Waals surface area (Å²) in [6.07, 6.45) is 1.71. The summed E-state index contributed by atoms with van der Waals surface area (Å²) in [6.45, 7) is 1.93. The monoisotopic (exact) mass is 221 g/mol. The van der Waals surface area contributed by atoms with E-state index in [1.807, 2.05) is 13.0 Å². The molecule has 15 heavy (non-hydrogen) atoms. The number of anilines is 1. The summed E-state index contributed by atoms with van der Waals surface area (Å²) in [5.74, 6) is 0.587. The van der Waals surface area contributed by atoms with Crippen molar-refractivity contribution < 1.29 is 4.74 Å². The molecular formula is C10H11N3OS. The Morgan fingerprint density at radius 1 is 1.40 bits per heavy atom. The number of methoxy groups -OCH3 is 1. The average Bonchev–Trinajstić information content (AvgIpc) is 2.58. The number of hydrogen-bond donors (Lipinski definition) is 1. The SMILES string of the molecule is COc1ccc(-c2nc(C)sc2N)cn1. The molecule has 0 unspecified atom stereocenters. The third-order valence-electron chi connectivity index (χ3n) is 1.98. The highest BCUT2D eigenvalue weighted by atomic mass is 32.1. The minimum Gasteiger partial charge on any atom is -0.481 e. The second-order valence-electron chi connectivity index (χ2n) is 3.03. The topological polar surface area (TPSA) is 61.0 Å². The first kappa shape index (κ1) is 9.92. The van der Waals surface area contributed by atoms with Crippen molar-refractivity contribution in [1.82, 2.24) is 9.97 Å². The number of aromatic nitrogens is 2. The number of pyridine rings is 1. The summed E-state index contributed by atoms with van der Waals surface area (Å²) in [6, 6.07) is 3.69. The van der Waals surface area contributed by atoms with Crippen LogP contribution in [0.3, 0.4) is 0 Å². The molecule has 5 heteroatoms. The maximum Gasteiger partial charge on any atom is 0.212 e. The van der Waals surface area contributed by atoms with Gasteiger partial charge in [0.25, 0.3) is 0 Å². The lowest BCUT2D eigenvalue weighted by atomic mass is 10.2. The average molecular weight is 221 g/mol. The van der Waals surface area contributed by atoms with Gasteiger partial charge in [0.15, 0.2) is 0 Å². The predicted octanol–water partition coefficient (Wildman–Crippen LogP) is 2.10. The molecular weight excluding hydrogens is 210 g/mol. The van der Waals surface area contributed by atoms with Gasteiger partial charge in [0.05, 0.1) is 12.1 Å². The van der Waals surface area contributed by atoms with Crippen LogP contribution in [-0.2, 0) is 0 Å². The van der Waals surface area contributed by atoms with E-state index >= 15 is 0 Å². The summed E-state index contributed by atoms with van der Waals surface area (Å²) >= 11 is 1.48. The van der Waals surface area contributed by atoms with Gasteiger partial charge >= 0.3 is 0 Å². The van der Waals surface area contributed by atoms with Gasteiger partial charge in [-0.25, -0.2) is 9.97 Å². The molecule has 2 N–H and O–H groups in total. The van der Waals surface area contributed by atoms with Crippen LogP contribution >= 0.6 is 11.3 Å². The number of hydrogen-bond acceptors (Lipinski definition) is 5. The largest absolute Gasteiger partial charge is 0.481 e. The van der Waals surface area contributed by atoms with E-state index in [1.54, 1.807) is 19.4 Å². The van der Waals surface area contributed by atoms with Crippen LogP contribution < -0.4 is 10.5 Å². The number of ether oxygens (including phenoxy) is 1. The van der Waals surface area contributed by atoms with Crippen molar-refractivity contribution in [3.8, 4) is 17.1 Å². The summed E-state index contributed by atoms with van der Waals surface area (Å²) in [5.41, 5.74) is 7.55. The molecule has 0 aliphatic carbocycles.